The van der Waals surface area contributed by atoms with Gasteiger partial charge in [0.15, 0.2) is 0 Å². The molecular formula is C15H19N7. The van der Waals surface area contributed by atoms with E-state index in [1.807, 2.05) is 25.5 Å². The molecule has 1 aliphatic carbocycles. The SMILES string of the molecule is CC(Nc1nc(Nc2cnn(C)c2)nc2[nH]ccc12)C1CC1. The minimum atomic E-state index is 0.430. The molecule has 1 atom stereocenters. The molecule has 1 saturated carbocycles. The van der Waals surface area contributed by atoms with E-state index in [1.54, 1.807) is 10.9 Å². The molecule has 3 aromatic rings. The van der Waals surface area contributed by atoms with Crippen LogP contribution in [0.15, 0.2) is 24.7 Å². The van der Waals surface area contributed by atoms with Gasteiger partial charge in [0.05, 0.1) is 17.3 Å². The van der Waals surface area contributed by atoms with Crippen molar-refractivity contribution in [1.82, 2.24) is 24.7 Å². The summed E-state index contributed by atoms with van der Waals surface area (Å²) in [5.74, 6) is 2.20. The van der Waals surface area contributed by atoms with Crippen LogP contribution in [-0.4, -0.2) is 30.8 Å². The van der Waals surface area contributed by atoms with Crippen molar-refractivity contribution < 1.29 is 0 Å². The number of hydrogen-bond acceptors (Lipinski definition) is 5. The largest absolute Gasteiger partial charge is 0.367 e. The first kappa shape index (κ1) is 13.1. The number of nitrogens with zero attached hydrogens (tertiary/aromatic N) is 4. The van der Waals surface area contributed by atoms with Crippen LogP contribution in [0.4, 0.5) is 17.5 Å². The van der Waals surface area contributed by atoms with Crippen LogP contribution in [0.2, 0.25) is 0 Å². The Kier molecular flexibility index (Phi) is 2.99. The van der Waals surface area contributed by atoms with Crippen molar-refractivity contribution >= 4 is 28.5 Å². The Balaban J connectivity index is 1.66. The summed E-state index contributed by atoms with van der Waals surface area (Å²) in [7, 11) is 1.88. The minimum Gasteiger partial charge on any atom is -0.367 e. The van der Waals surface area contributed by atoms with E-state index in [4.69, 9.17) is 0 Å². The maximum Gasteiger partial charge on any atom is 0.231 e. The van der Waals surface area contributed by atoms with E-state index >= 15 is 0 Å². The number of nitrogens with one attached hydrogen (secondary N) is 3. The average Bonchev–Trinajstić information content (AvgIpc) is 3.11. The first-order valence-electron chi connectivity index (χ1n) is 7.56. The van der Waals surface area contributed by atoms with Gasteiger partial charge in [-0.05, 0) is 31.7 Å². The maximum absolute atomic E-state index is 4.64. The summed E-state index contributed by atoms with van der Waals surface area (Å²) >= 11 is 0. The van der Waals surface area contributed by atoms with E-state index in [0.29, 0.717) is 12.0 Å². The summed E-state index contributed by atoms with van der Waals surface area (Å²) in [5.41, 5.74) is 1.70. The molecule has 0 bridgehead atoms. The lowest BCUT2D eigenvalue weighted by Gasteiger charge is -2.15. The van der Waals surface area contributed by atoms with Gasteiger partial charge in [0.1, 0.15) is 11.5 Å². The summed E-state index contributed by atoms with van der Waals surface area (Å²) in [6.07, 6.45) is 8.14. The van der Waals surface area contributed by atoms with Crippen LogP contribution in [0.1, 0.15) is 19.8 Å². The van der Waals surface area contributed by atoms with Crippen molar-refractivity contribution in [2.24, 2.45) is 13.0 Å². The third kappa shape index (κ3) is 2.49. The third-order valence-corrected chi connectivity index (χ3v) is 4.07. The number of aromatic nitrogens is 5. The molecule has 3 aromatic heterocycles. The summed E-state index contributed by atoms with van der Waals surface area (Å²) in [5, 5.41) is 11.9. The molecule has 1 unspecified atom stereocenters. The Bertz CT molecular complexity index is 799. The Labute approximate surface area is 128 Å². The number of aryl methyl sites for hydroxylation is 1. The lowest BCUT2D eigenvalue weighted by atomic mass is 10.2. The second kappa shape index (κ2) is 5.01. The molecule has 0 radical (unpaired) electrons. The number of hydrogen-bond donors (Lipinski definition) is 3. The van der Waals surface area contributed by atoms with Crippen LogP contribution < -0.4 is 10.6 Å². The van der Waals surface area contributed by atoms with Crippen molar-refractivity contribution in [1.29, 1.82) is 0 Å². The Morgan fingerprint density at radius 1 is 1.36 bits per heavy atom. The molecule has 1 aliphatic rings. The van der Waals surface area contributed by atoms with Gasteiger partial charge in [0.25, 0.3) is 0 Å². The third-order valence-electron chi connectivity index (χ3n) is 4.07. The van der Waals surface area contributed by atoms with Crippen LogP contribution in [0.25, 0.3) is 11.0 Å². The lowest BCUT2D eigenvalue weighted by Crippen LogP contribution is -2.18. The normalized spacial score (nSPS) is 15.9. The molecular weight excluding hydrogens is 278 g/mol. The summed E-state index contributed by atoms with van der Waals surface area (Å²) in [6, 6.07) is 2.43. The quantitative estimate of drug-likeness (QED) is 0.674. The highest BCUT2D eigenvalue weighted by Gasteiger charge is 2.28. The van der Waals surface area contributed by atoms with Crippen LogP contribution in [0, 0.1) is 5.92 Å². The average molecular weight is 297 g/mol. The molecule has 1 fully saturated rings. The second-order valence-corrected chi connectivity index (χ2v) is 5.93. The van der Waals surface area contributed by atoms with Gasteiger partial charge in [-0.15, -0.1) is 0 Å². The van der Waals surface area contributed by atoms with Crippen molar-refractivity contribution in [3.8, 4) is 0 Å². The molecule has 7 nitrogen and oxygen atoms in total. The van der Waals surface area contributed by atoms with Crippen LogP contribution in [0.5, 0.6) is 0 Å². The van der Waals surface area contributed by atoms with Crippen molar-refractivity contribution in [3.63, 3.8) is 0 Å². The molecule has 3 N–H and O–H groups in total. The van der Waals surface area contributed by atoms with Crippen molar-refractivity contribution in [2.45, 2.75) is 25.8 Å². The van der Waals surface area contributed by atoms with Gasteiger partial charge in [0.2, 0.25) is 5.95 Å². The molecule has 0 aromatic carbocycles. The molecule has 0 spiro atoms. The fraction of sp³-hybridized carbons (Fsp3) is 0.400. The first-order chi connectivity index (χ1) is 10.7. The Morgan fingerprint density at radius 2 is 2.23 bits per heavy atom. The molecule has 22 heavy (non-hydrogen) atoms. The summed E-state index contributed by atoms with van der Waals surface area (Å²) in [4.78, 5) is 12.3. The maximum atomic E-state index is 4.64. The number of anilines is 3. The molecule has 4 rings (SSSR count). The van der Waals surface area contributed by atoms with E-state index in [1.165, 1.54) is 12.8 Å². The highest BCUT2D eigenvalue weighted by atomic mass is 15.3. The van der Waals surface area contributed by atoms with Crippen molar-refractivity contribution in [3.05, 3.63) is 24.7 Å². The molecule has 7 heteroatoms. The van der Waals surface area contributed by atoms with E-state index < -0.39 is 0 Å². The summed E-state index contributed by atoms with van der Waals surface area (Å²) in [6.45, 7) is 2.21. The lowest BCUT2D eigenvalue weighted by molar-refractivity contribution is 0.691. The monoisotopic (exact) mass is 297 g/mol. The fourth-order valence-electron chi connectivity index (χ4n) is 2.65. The topological polar surface area (TPSA) is 83.4 Å². The fourth-order valence-corrected chi connectivity index (χ4v) is 2.65. The smallest absolute Gasteiger partial charge is 0.231 e. The molecule has 0 amide bonds. The van der Waals surface area contributed by atoms with E-state index in [0.717, 1.165) is 28.5 Å². The number of fused-ring (bicyclic) bond motifs is 1. The van der Waals surface area contributed by atoms with Crippen LogP contribution in [0.3, 0.4) is 0 Å². The van der Waals surface area contributed by atoms with Gasteiger partial charge in [-0.3, -0.25) is 4.68 Å². The number of H-pyrrole nitrogens is 1. The van der Waals surface area contributed by atoms with Gasteiger partial charge in [-0.25, -0.2) is 0 Å². The minimum absolute atomic E-state index is 0.430. The summed E-state index contributed by atoms with van der Waals surface area (Å²) < 4.78 is 1.74. The zero-order valence-corrected chi connectivity index (χ0v) is 12.7. The molecule has 114 valence electrons. The van der Waals surface area contributed by atoms with E-state index in [-0.39, 0.29) is 0 Å². The molecule has 0 saturated heterocycles. The van der Waals surface area contributed by atoms with Gasteiger partial charge < -0.3 is 15.6 Å². The second-order valence-electron chi connectivity index (χ2n) is 5.93. The van der Waals surface area contributed by atoms with E-state index in [9.17, 15) is 0 Å². The standard InChI is InChI=1S/C15H19N7/c1-9(10-3-4-10)18-14-12-5-6-16-13(12)20-15(21-14)19-11-7-17-22(2)8-11/h5-10H,3-4H2,1-2H3,(H3,16,18,19,20,21). The predicted molar refractivity (Wildman–Crippen MR) is 86.2 cm³/mol. The Morgan fingerprint density at radius 3 is 2.95 bits per heavy atom. The van der Waals surface area contributed by atoms with Crippen molar-refractivity contribution in [2.75, 3.05) is 10.6 Å². The zero-order valence-electron chi connectivity index (χ0n) is 12.7. The number of rotatable bonds is 5. The highest BCUT2D eigenvalue weighted by Crippen LogP contribution is 2.34. The number of aromatic amines is 1. The Hall–Kier alpha value is -2.57. The van der Waals surface area contributed by atoms with Crippen LogP contribution in [-0.2, 0) is 7.05 Å². The van der Waals surface area contributed by atoms with Gasteiger partial charge in [-0.2, -0.15) is 15.1 Å². The predicted octanol–water partition coefficient (Wildman–Crippen LogP) is 2.65. The zero-order chi connectivity index (χ0) is 15.1. The van der Waals surface area contributed by atoms with Gasteiger partial charge in [0, 0.05) is 25.5 Å². The first-order valence-corrected chi connectivity index (χ1v) is 7.56. The van der Waals surface area contributed by atoms with Gasteiger partial charge in [-0.1, -0.05) is 0 Å². The van der Waals surface area contributed by atoms with Gasteiger partial charge >= 0.3 is 0 Å². The molecule has 0 aliphatic heterocycles. The molecule has 3 heterocycles. The highest BCUT2D eigenvalue weighted by molar-refractivity contribution is 5.88. The van der Waals surface area contributed by atoms with Crippen LogP contribution >= 0.6 is 0 Å². The van der Waals surface area contributed by atoms with E-state index in [2.05, 4.69) is 37.6 Å².